The average Bonchev–Trinajstić information content (AvgIpc) is 1.61. The molecule has 0 bridgehead atoms. The Balaban J connectivity index is 0.000000135. The van der Waals surface area contributed by atoms with Crippen LogP contribution in [0.2, 0.25) is 0 Å². The molecule has 9 fully saturated rings. The zero-order valence-electron chi connectivity index (χ0n) is 64.2. The van der Waals surface area contributed by atoms with Crippen LogP contribution in [0.3, 0.4) is 0 Å². The first-order chi connectivity index (χ1) is 58.8. The molecule has 3 unspecified atom stereocenters. The third kappa shape index (κ3) is 19.9. The number of ether oxygens (including phenoxy) is 12. The third-order valence-corrected chi connectivity index (χ3v) is 20.8. The van der Waals surface area contributed by atoms with Gasteiger partial charge in [0.1, 0.15) is 78.2 Å². The molecule has 4 aromatic heterocycles. The number of amides is 6. The number of nitrogens with zero attached hydrogens (tertiary/aromatic N) is 7. The molecule has 18 rings (SSSR count). The predicted molar refractivity (Wildman–Crippen MR) is 416 cm³/mol. The van der Waals surface area contributed by atoms with Crippen molar-refractivity contribution in [1.29, 1.82) is 0 Å². The number of benzene rings is 5. The molecular formula is C83H82FN13O24. The van der Waals surface area contributed by atoms with E-state index in [9.17, 15) is 62.9 Å². The molecule has 0 spiro atoms. The molecule has 15 atom stereocenters. The molecule has 9 aliphatic rings. The number of nitrogens with one attached hydrogen (secondary N) is 6. The number of aromatic nitrogens is 7. The van der Waals surface area contributed by atoms with Crippen LogP contribution in [0, 0.1) is 5.82 Å². The Morgan fingerprint density at radius 1 is 0.388 bits per heavy atom. The number of hydrogen-bond donors (Lipinski definition) is 9. The average molecular weight is 1660 g/mol. The molecule has 37 nitrogen and oxygen atoms in total. The van der Waals surface area contributed by atoms with E-state index in [2.05, 4.69) is 51.8 Å². The van der Waals surface area contributed by atoms with E-state index >= 15 is 0 Å². The van der Waals surface area contributed by atoms with Crippen LogP contribution in [-0.2, 0) is 76.7 Å². The second kappa shape index (κ2) is 37.1. The first kappa shape index (κ1) is 82.3. The lowest BCUT2D eigenvalue weighted by molar-refractivity contribution is -0.159. The number of urea groups is 3. The standard InChI is InChI=1S/C28H27FN4O8.C28H28N4O8.C27H27N5O8/c29-19-8-4-7-17(25(34)35)18(19)13-38-14-20-22-23(41-26(40-22)15-5-2-1-3-6-15)24(39-20)33-12-11-21(32-28(33)37)31-27(36)30-16-9-10-16;33-25(34)19-9-5-4-8-17(19)14-37-15-20-22-23(40-26(39-22)16-6-2-1-3-7-16)24(38-20)32-13-12-21(31-28(32)36)30-27(35)29-18-10-11-18;33-24(34)17-7-4-11-28-18(17)13-37-14-19-21-22(40-25(39-21)15-5-2-1-3-6-15)23(38-19)32-12-10-20(31-27(32)36)30-26(35)29-16-8-9-16/h1-8,11-12,16,20,22-24,26H,9-10,13-14H2,(H,34,35)(H2,30,31,32,36,37);1-9,12-13,18,20,22-24,26H,10-11,14-15H2,(H,33,34)(H2,29,30,31,35,36);1-7,10-12,16,19,21-23,25H,8-9,13-14H2,(H,33,34)(H2,29,30,31,35,36)/t2*20-,22?,23+,24-,26+;19-,21?,22+,23-,25+/m111/s1. The molecule has 5 aromatic carbocycles. The van der Waals surface area contributed by atoms with Gasteiger partial charge in [0.2, 0.25) is 0 Å². The summed E-state index contributed by atoms with van der Waals surface area (Å²) in [5, 5.41) is 44.3. The van der Waals surface area contributed by atoms with Crippen molar-refractivity contribution in [1.82, 2.24) is 49.6 Å². The lowest BCUT2D eigenvalue weighted by Crippen LogP contribution is -2.35. The van der Waals surface area contributed by atoms with Gasteiger partial charge < -0.3 is 88.1 Å². The number of carbonyl (C=O) groups excluding carboxylic acids is 3. The number of fused-ring (bicyclic) bond motifs is 3. The molecule has 9 aromatic rings. The first-order valence-corrected chi connectivity index (χ1v) is 39.1. The number of pyridine rings is 1. The quantitative estimate of drug-likeness (QED) is 0.0235. The van der Waals surface area contributed by atoms with Gasteiger partial charge >= 0.3 is 53.1 Å². The molecule has 630 valence electrons. The Labute approximate surface area is 686 Å². The SMILES string of the molecule is O=C(Nc1ccn([C@@H]2O[C@H](COCc3c(F)cccc3C(=O)O)C3O[C@H](c4ccccc4)O[C@@H]32)c(=O)n1)NC1CC1.O=C(Nc1ccn([C@@H]2O[C@H](COCc3ccccc3C(=O)O)C3O[C@H](c4ccccc4)O[C@@H]32)c(=O)n1)NC1CC1.O=C(Nc1ccn([C@@H]2O[C@H](COCc3ncccc3C(=O)O)C3O[C@H](c4ccccc4)O[C@@H]32)c(=O)n1)NC1CC1. The number of hydrogen-bond acceptors (Lipinski definition) is 25. The second-order valence-corrected chi connectivity index (χ2v) is 29.5. The van der Waals surface area contributed by atoms with Gasteiger partial charge in [-0.25, -0.2) is 47.5 Å². The maximum Gasteiger partial charge on any atom is 0.351 e. The predicted octanol–water partition coefficient (Wildman–Crippen LogP) is 8.00. The van der Waals surface area contributed by atoms with Crippen molar-refractivity contribution in [3.63, 3.8) is 0 Å². The lowest BCUT2D eigenvalue weighted by Gasteiger charge is -2.22. The molecule has 6 amide bonds. The van der Waals surface area contributed by atoms with Gasteiger partial charge in [0.05, 0.1) is 62.0 Å². The zero-order valence-corrected chi connectivity index (χ0v) is 64.2. The summed E-state index contributed by atoms with van der Waals surface area (Å²) in [6.07, 6.45) is 0.839. The maximum atomic E-state index is 14.4. The van der Waals surface area contributed by atoms with Crippen LogP contribution in [0.25, 0.3) is 0 Å². The van der Waals surface area contributed by atoms with E-state index in [1.165, 1.54) is 81.0 Å². The summed E-state index contributed by atoms with van der Waals surface area (Å²) in [4.78, 5) is 126. The highest BCUT2D eigenvalue weighted by Crippen LogP contribution is 2.47. The summed E-state index contributed by atoms with van der Waals surface area (Å²) < 4.78 is 91.5. The maximum absolute atomic E-state index is 14.4. The summed E-state index contributed by atoms with van der Waals surface area (Å²) in [5.74, 6) is -3.78. The Morgan fingerprint density at radius 2 is 0.736 bits per heavy atom. The molecule has 3 aliphatic carbocycles. The van der Waals surface area contributed by atoms with Gasteiger partial charge in [-0.2, -0.15) is 15.0 Å². The summed E-state index contributed by atoms with van der Waals surface area (Å²) in [6, 6.07) is 45.1. The van der Waals surface area contributed by atoms with Crippen molar-refractivity contribution >= 4 is 53.5 Å². The van der Waals surface area contributed by atoms with Gasteiger partial charge in [-0.05, 0) is 92.6 Å². The molecule has 38 heteroatoms. The summed E-state index contributed by atoms with van der Waals surface area (Å²) in [6.45, 7) is -0.319. The Morgan fingerprint density at radius 3 is 1.12 bits per heavy atom. The van der Waals surface area contributed by atoms with Gasteiger partial charge in [-0.1, -0.05) is 115 Å². The number of carboxylic acids is 3. The summed E-state index contributed by atoms with van der Waals surface area (Å²) >= 11 is 0. The molecule has 10 heterocycles. The molecule has 6 saturated heterocycles. The topological polar surface area (TPSA) is 464 Å². The molecule has 0 radical (unpaired) electrons. The van der Waals surface area contributed by atoms with Crippen LogP contribution in [0.4, 0.5) is 36.2 Å². The van der Waals surface area contributed by atoms with Crippen molar-refractivity contribution in [3.8, 4) is 0 Å². The van der Waals surface area contributed by atoms with E-state index in [4.69, 9.17) is 56.8 Å². The third-order valence-electron chi connectivity index (χ3n) is 20.8. The van der Waals surface area contributed by atoms with Crippen molar-refractivity contribution in [2.75, 3.05) is 35.8 Å². The molecule has 121 heavy (non-hydrogen) atoms. The fraction of sp³-hybridized carbons (Fsp3) is 0.361. The van der Waals surface area contributed by atoms with Crippen LogP contribution in [0.5, 0.6) is 0 Å². The molecule has 9 N–H and O–H groups in total. The number of anilines is 3. The number of carbonyl (C=O) groups is 6. The number of carboxylic acid groups (broad SMARTS) is 3. The van der Waals surface area contributed by atoms with Crippen LogP contribution in [-0.4, -0.2) is 178 Å². The smallest absolute Gasteiger partial charge is 0.351 e. The fourth-order valence-electron chi connectivity index (χ4n) is 14.4. The van der Waals surface area contributed by atoms with E-state index in [-0.39, 0.29) is 103 Å². The van der Waals surface area contributed by atoms with Crippen LogP contribution < -0.4 is 49.0 Å². The summed E-state index contributed by atoms with van der Waals surface area (Å²) in [7, 11) is 0. The number of halogens is 1. The molecule has 6 aliphatic heterocycles. The van der Waals surface area contributed by atoms with Gasteiger partial charge in [-0.3, -0.25) is 34.6 Å². The van der Waals surface area contributed by atoms with Crippen molar-refractivity contribution in [2.45, 2.75) is 169 Å². The Kier molecular flexibility index (Phi) is 25.2. The zero-order chi connectivity index (χ0) is 83.8. The van der Waals surface area contributed by atoms with Gasteiger partial charge in [0.25, 0.3) is 0 Å². The minimum absolute atomic E-state index is 0.0291. The van der Waals surface area contributed by atoms with Crippen LogP contribution in [0.1, 0.15) is 141 Å². The van der Waals surface area contributed by atoms with Crippen LogP contribution >= 0.6 is 0 Å². The minimum atomic E-state index is -1.27. The van der Waals surface area contributed by atoms with Crippen LogP contribution in [0.15, 0.2) is 203 Å². The molecule has 3 saturated carbocycles. The van der Waals surface area contributed by atoms with E-state index < -0.39 is 151 Å². The van der Waals surface area contributed by atoms with E-state index in [0.717, 1.165) is 61.3 Å². The van der Waals surface area contributed by atoms with Gasteiger partial charge in [0.15, 0.2) is 37.6 Å². The van der Waals surface area contributed by atoms with Gasteiger partial charge in [0, 0.05) is 65.2 Å². The highest BCUT2D eigenvalue weighted by Gasteiger charge is 2.57. The second-order valence-electron chi connectivity index (χ2n) is 29.5. The number of aromatic carboxylic acids is 3. The van der Waals surface area contributed by atoms with Crippen molar-refractivity contribution in [2.24, 2.45) is 0 Å². The monoisotopic (exact) mass is 1660 g/mol. The van der Waals surface area contributed by atoms with E-state index in [1.54, 1.807) is 24.3 Å². The Hall–Kier alpha value is -12.4. The Bertz CT molecular complexity index is 5220. The largest absolute Gasteiger partial charge is 0.478 e. The normalized spacial score (nSPS) is 25.2. The highest BCUT2D eigenvalue weighted by atomic mass is 19.1. The fourth-order valence-corrected chi connectivity index (χ4v) is 14.4. The van der Waals surface area contributed by atoms with Crippen molar-refractivity contribution < 1.29 is 105 Å². The van der Waals surface area contributed by atoms with Gasteiger partial charge in [-0.15, -0.1) is 0 Å². The lowest BCUT2D eigenvalue weighted by atomic mass is 10.1. The van der Waals surface area contributed by atoms with Crippen molar-refractivity contribution in [3.05, 3.63) is 276 Å². The number of rotatable bonds is 27. The first-order valence-electron chi connectivity index (χ1n) is 39.1. The van der Waals surface area contributed by atoms with E-state index in [0.29, 0.717) is 5.56 Å². The highest BCUT2D eigenvalue weighted by molar-refractivity contribution is 5.91. The van der Waals surface area contributed by atoms with E-state index in [1.807, 2.05) is 91.0 Å². The minimum Gasteiger partial charge on any atom is -0.478 e. The molecular weight excluding hydrogens is 1580 g/mol. The summed E-state index contributed by atoms with van der Waals surface area (Å²) in [5.41, 5.74) is 1.17.